The highest BCUT2D eigenvalue weighted by Gasteiger charge is 2.25. The molecule has 7 heteroatoms. The van der Waals surface area contributed by atoms with Gasteiger partial charge in [0, 0.05) is 6.54 Å². The molecule has 1 N–H and O–H groups in total. The summed E-state index contributed by atoms with van der Waals surface area (Å²) >= 11 is 0. The van der Waals surface area contributed by atoms with E-state index < -0.39 is 0 Å². The van der Waals surface area contributed by atoms with E-state index in [1.165, 1.54) is 0 Å². The smallest absolute Gasteiger partial charge is 0.331 e. The van der Waals surface area contributed by atoms with Crippen LogP contribution in [0.25, 0.3) is 0 Å². The number of nitrogens with zero attached hydrogens (tertiary/aromatic N) is 1. The van der Waals surface area contributed by atoms with Crippen molar-refractivity contribution in [2.75, 3.05) is 24.8 Å². The fourth-order valence-corrected chi connectivity index (χ4v) is 2.98. The van der Waals surface area contributed by atoms with Crippen LogP contribution in [0.5, 0.6) is 17.2 Å². The van der Waals surface area contributed by atoms with Gasteiger partial charge in [-0.3, -0.25) is 4.79 Å². The van der Waals surface area contributed by atoms with Crippen molar-refractivity contribution < 1.29 is 23.8 Å². The van der Waals surface area contributed by atoms with Gasteiger partial charge < -0.3 is 24.4 Å². The van der Waals surface area contributed by atoms with Gasteiger partial charge in [0.15, 0.2) is 17.2 Å². The third kappa shape index (κ3) is 3.28. The molecule has 2 aliphatic heterocycles. The molecule has 0 unspecified atom stereocenters. The highest BCUT2D eigenvalue weighted by molar-refractivity contribution is 5.89. The van der Waals surface area contributed by atoms with Gasteiger partial charge in [0.2, 0.25) is 12.7 Å². The lowest BCUT2D eigenvalue weighted by Crippen LogP contribution is -2.43. The molecule has 2 heterocycles. The molecule has 134 valence electrons. The molecule has 0 spiro atoms. The van der Waals surface area contributed by atoms with E-state index >= 15 is 0 Å². The molecule has 0 radical (unpaired) electrons. The number of amides is 1. The Labute approximate surface area is 150 Å². The van der Waals surface area contributed by atoms with E-state index in [0.717, 1.165) is 16.8 Å². The maximum Gasteiger partial charge on any atom is 0.331 e. The molecule has 2 aromatic rings. The fourth-order valence-electron chi connectivity index (χ4n) is 2.98. The minimum atomic E-state index is -0.369. The van der Waals surface area contributed by atoms with E-state index in [4.69, 9.17) is 14.2 Å². The molecule has 7 nitrogen and oxygen atoms in total. The van der Waals surface area contributed by atoms with E-state index in [9.17, 15) is 9.59 Å². The number of hydrogen-bond acceptors (Lipinski definition) is 6. The maximum atomic E-state index is 12.3. The molecule has 0 saturated carbocycles. The molecule has 0 aliphatic carbocycles. The van der Waals surface area contributed by atoms with Crippen LogP contribution in [0.4, 0.5) is 5.69 Å². The summed E-state index contributed by atoms with van der Waals surface area (Å²) in [5.41, 5.74) is 2.65. The van der Waals surface area contributed by atoms with E-state index in [1.807, 2.05) is 37.3 Å². The molecule has 2 aliphatic rings. The lowest BCUT2D eigenvalue weighted by molar-refractivity contribution is -0.133. The molecule has 0 aromatic heterocycles. The molecule has 4 rings (SSSR count). The van der Waals surface area contributed by atoms with Gasteiger partial charge >= 0.3 is 5.97 Å². The van der Waals surface area contributed by atoms with Gasteiger partial charge in [-0.15, -0.1) is 0 Å². The monoisotopic (exact) mass is 354 g/mol. The van der Waals surface area contributed by atoms with Crippen LogP contribution in [0.3, 0.4) is 0 Å². The van der Waals surface area contributed by atoms with Gasteiger partial charge in [0.05, 0.1) is 12.2 Å². The molecule has 0 fully saturated rings. The number of esters is 1. The number of carbonyl (C=O) groups is 2. The molecule has 26 heavy (non-hydrogen) atoms. The number of aryl methyl sites for hydroxylation is 1. The number of ether oxygens (including phenoxy) is 3. The van der Waals surface area contributed by atoms with Crippen LogP contribution < -0.4 is 24.4 Å². The van der Waals surface area contributed by atoms with Gasteiger partial charge in [-0.25, -0.2) is 4.79 Å². The number of rotatable bonds is 4. The minimum Gasteiger partial charge on any atom is -0.454 e. The summed E-state index contributed by atoms with van der Waals surface area (Å²) in [5, 5.41) is 2.87. The number of anilines is 1. The van der Waals surface area contributed by atoms with Crippen molar-refractivity contribution in [3.63, 3.8) is 0 Å². The quantitative estimate of drug-likeness (QED) is 0.666. The zero-order chi connectivity index (χ0) is 18.1. The van der Waals surface area contributed by atoms with Crippen LogP contribution in [0.1, 0.15) is 11.1 Å². The Kier molecular flexibility index (Phi) is 4.12. The number of fused-ring (bicyclic) bond motifs is 2. The highest BCUT2D eigenvalue weighted by atomic mass is 16.7. The van der Waals surface area contributed by atoms with Crippen molar-refractivity contribution >= 4 is 17.6 Å². The fraction of sp³-hybridized carbons (Fsp3) is 0.263. The topological polar surface area (TPSA) is 77.1 Å². The summed E-state index contributed by atoms with van der Waals surface area (Å²) in [6.07, 6.45) is 0. The molecule has 0 bridgehead atoms. The third-order valence-electron chi connectivity index (χ3n) is 4.26. The predicted molar refractivity (Wildman–Crippen MR) is 93.4 cm³/mol. The van der Waals surface area contributed by atoms with Crippen LogP contribution in [0.2, 0.25) is 0 Å². The van der Waals surface area contributed by atoms with Crippen molar-refractivity contribution in [3.05, 3.63) is 47.5 Å². The van der Waals surface area contributed by atoms with E-state index in [0.29, 0.717) is 23.8 Å². The van der Waals surface area contributed by atoms with Crippen LogP contribution in [0, 0.1) is 6.92 Å². The number of carbonyl (C=O) groups excluding carboxylic acids is 2. The van der Waals surface area contributed by atoms with Crippen LogP contribution in [-0.2, 0) is 16.1 Å². The SMILES string of the molecule is Cc1ccc2c(c1)OC(=O)CN2CC(=O)NCc1ccc2c(c1)OCO2. The van der Waals surface area contributed by atoms with Crippen molar-refractivity contribution in [1.29, 1.82) is 0 Å². The first kappa shape index (κ1) is 16.3. The lowest BCUT2D eigenvalue weighted by Gasteiger charge is -2.29. The summed E-state index contributed by atoms with van der Waals surface area (Å²) in [6.45, 7) is 2.64. The van der Waals surface area contributed by atoms with Crippen LogP contribution >= 0.6 is 0 Å². The first-order valence-corrected chi connectivity index (χ1v) is 8.30. The summed E-state index contributed by atoms with van der Waals surface area (Å²) < 4.78 is 15.9. The largest absolute Gasteiger partial charge is 0.454 e. The van der Waals surface area contributed by atoms with Crippen LogP contribution in [0.15, 0.2) is 36.4 Å². The van der Waals surface area contributed by atoms with Crippen molar-refractivity contribution in [1.82, 2.24) is 5.32 Å². The molecular formula is C19H18N2O5. The Hall–Kier alpha value is -3.22. The first-order chi connectivity index (χ1) is 12.6. The maximum absolute atomic E-state index is 12.3. The number of nitrogens with one attached hydrogen (secondary N) is 1. The summed E-state index contributed by atoms with van der Waals surface area (Å²) in [5.74, 6) is 1.33. The highest BCUT2D eigenvalue weighted by Crippen LogP contribution is 2.33. The molecule has 2 aromatic carbocycles. The Bertz CT molecular complexity index is 880. The Morgan fingerprint density at radius 2 is 1.96 bits per heavy atom. The normalized spacial score (nSPS) is 14.7. The molecule has 0 saturated heterocycles. The third-order valence-corrected chi connectivity index (χ3v) is 4.26. The Morgan fingerprint density at radius 1 is 1.12 bits per heavy atom. The average Bonchev–Trinajstić information content (AvgIpc) is 3.07. The van der Waals surface area contributed by atoms with Gasteiger partial charge in [0.25, 0.3) is 0 Å². The average molecular weight is 354 g/mol. The second-order valence-electron chi connectivity index (χ2n) is 6.27. The summed E-state index contributed by atoms with van der Waals surface area (Å²) in [4.78, 5) is 25.9. The van der Waals surface area contributed by atoms with E-state index in [1.54, 1.807) is 11.0 Å². The van der Waals surface area contributed by atoms with Crippen molar-refractivity contribution in [3.8, 4) is 17.2 Å². The van der Waals surface area contributed by atoms with Gasteiger partial charge in [0.1, 0.15) is 6.54 Å². The van der Waals surface area contributed by atoms with Gasteiger partial charge in [-0.05, 0) is 42.3 Å². The standard InChI is InChI=1S/C19H18N2O5/c1-12-2-4-14-16(6-12)26-19(23)10-21(14)9-18(22)20-8-13-3-5-15-17(7-13)25-11-24-15/h2-7H,8-11H2,1H3,(H,20,22). The summed E-state index contributed by atoms with van der Waals surface area (Å²) in [7, 11) is 0. The minimum absolute atomic E-state index is 0.0491. The zero-order valence-corrected chi connectivity index (χ0v) is 14.3. The molecular weight excluding hydrogens is 336 g/mol. The Morgan fingerprint density at radius 3 is 2.85 bits per heavy atom. The first-order valence-electron chi connectivity index (χ1n) is 8.30. The molecule has 1 amide bonds. The lowest BCUT2D eigenvalue weighted by atomic mass is 10.1. The second kappa shape index (κ2) is 6.59. The van der Waals surface area contributed by atoms with E-state index in [2.05, 4.69) is 5.32 Å². The van der Waals surface area contributed by atoms with Crippen LogP contribution in [-0.4, -0.2) is 31.8 Å². The second-order valence-corrected chi connectivity index (χ2v) is 6.27. The van der Waals surface area contributed by atoms with E-state index in [-0.39, 0.29) is 31.8 Å². The number of benzene rings is 2. The predicted octanol–water partition coefficient (Wildman–Crippen LogP) is 1.77. The van der Waals surface area contributed by atoms with Crippen molar-refractivity contribution in [2.45, 2.75) is 13.5 Å². The van der Waals surface area contributed by atoms with Crippen molar-refractivity contribution in [2.24, 2.45) is 0 Å². The van der Waals surface area contributed by atoms with Gasteiger partial charge in [-0.1, -0.05) is 12.1 Å². The zero-order valence-electron chi connectivity index (χ0n) is 14.3. The number of hydrogen-bond donors (Lipinski definition) is 1. The Balaban J connectivity index is 1.40. The molecule has 0 atom stereocenters. The summed E-state index contributed by atoms with van der Waals surface area (Å²) in [6, 6.07) is 11.1. The van der Waals surface area contributed by atoms with Gasteiger partial charge in [-0.2, -0.15) is 0 Å².